The van der Waals surface area contributed by atoms with E-state index in [4.69, 9.17) is 0 Å². The third-order valence-corrected chi connectivity index (χ3v) is 5.26. The van der Waals surface area contributed by atoms with Crippen molar-refractivity contribution in [1.29, 1.82) is 0 Å². The molecule has 0 saturated carbocycles. The summed E-state index contributed by atoms with van der Waals surface area (Å²) in [4.78, 5) is 18.7. The van der Waals surface area contributed by atoms with Gasteiger partial charge in [0.05, 0.1) is 28.6 Å². The van der Waals surface area contributed by atoms with Crippen LogP contribution in [0.2, 0.25) is 0 Å². The minimum atomic E-state index is -4.87. The average molecular weight is 421 g/mol. The van der Waals surface area contributed by atoms with Crippen LogP contribution in [-0.2, 0) is 6.18 Å². The molecule has 1 aromatic carbocycles. The van der Waals surface area contributed by atoms with Crippen molar-refractivity contribution in [2.75, 3.05) is 11.6 Å². The molecule has 3 heterocycles. The van der Waals surface area contributed by atoms with E-state index in [0.717, 1.165) is 23.5 Å². The van der Waals surface area contributed by atoms with Gasteiger partial charge in [-0.05, 0) is 38.1 Å². The van der Waals surface area contributed by atoms with Gasteiger partial charge in [-0.1, -0.05) is 12.1 Å². The number of amides is 1. The van der Waals surface area contributed by atoms with Gasteiger partial charge in [0.2, 0.25) is 0 Å². The lowest BCUT2D eigenvalue weighted by Gasteiger charge is -2.35. The molecule has 2 N–H and O–H groups in total. The summed E-state index contributed by atoms with van der Waals surface area (Å²) in [5.74, 6) is -1.67. The summed E-state index contributed by atoms with van der Waals surface area (Å²) in [5.41, 5.74) is 6.36. The van der Waals surface area contributed by atoms with E-state index in [-0.39, 0.29) is 6.54 Å². The Balaban J connectivity index is 1.62. The molecule has 2 aliphatic rings. The van der Waals surface area contributed by atoms with Crippen molar-refractivity contribution in [1.82, 2.24) is 20.8 Å². The highest BCUT2D eigenvalue weighted by molar-refractivity contribution is 5.95. The predicted octanol–water partition coefficient (Wildman–Crippen LogP) is 3.52. The van der Waals surface area contributed by atoms with Gasteiger partial charge < -0.3 is 10.3 Å². The predicted molar refractivity (Wildman–Crippen MR) is 101 cm³/mol. The van der Waals surface area contributed by atoms with Gasteiger partial charge in [0.15, 0.2) is 0 Å². The van der Waals surface area contributed by atoms with Crippen molar-refractivity contribution in [2.45, 2.75) is 32.5 Å². The van der Waals surface area contributed by atoms with E-state index >= 15 is 0 Å². The van der Waals surface area contributed by atoms with Gasteiger partial charge in [-0.15, -0.1) is 5.53 Å². The van der Waals surface area contributed by atoms with Crippen molar-refractivity contribution < 1.29 is 22.4 Å². The second kappa shape index (κ2) is 7.28. The van der Waals surface area contributed by atoms with Crippen LogP contribution in [0.4, 0.5) is 23.4 Å². The fraction of sp³-hybridized carbons (Fsp3) is 0.300. The Morgan fingerprint density at radius 1 is 1.20 bits per heavy atom. The topological polar surface area (TPSA) is 60.5 Å². The number of anilines is 1. The minimum absolute atomic E-state index is 0.222. The lowest BCUT2D eigenvalue weighted by molar-refractivity contribution is -0.140. The largest absolute Gasteiger partial charge is 0.419 e. The van der Waals surface area contributed by atoms with Crippen LogP contribution in [0, 0.1) is 12.7 Å². The standard InChI is InChI=1S/C20H19F4N5O/c1-11-5-3-8-16(25-11)29-15-9-10-28(12(2)18(15)26-27-29)19(30)13-6-4-7-14(17(13)21)20(22,23)24/h3-8,12,26-27H,9-10H2,1-2H3. The van der Waals surface area contributed by atoms with E-state index in [0.29, 0.717) is 24.0 Å². The Bertz CT molecular complexity index is 1040. The van der Waals surface area contributed by atoms with Crippen LogP contribution in [-0.4, -0.2) is 28.4 Å². The Kier molecular flexibility index (Phi) is 4.89. The van der Waals surface area contributed by atoms with Crippen molar-refractivity contribution in [2.24, 2.45) is 0 Å². The molecular formula is C20H19F4N5O. The van der Waals surface area contributed by atoms with Crippen molar-refractivity contribution in [3.8, 4) is 0 Å². The number of rotatable bonds is 2. The van der Waals surface area contributed by atoms with Crippen molar-refractivity contribution in [3.63, 3.8) is 0 Å². The molecule has 0 fully saturated rings. The Morgan fingerprint density at radius 3 is 2.63 bits per heavy atom. The second-order valence-corrected chi connectivity index (χ2v) is 7.16. The zero-order valence-corrected chi connectivity index (χ0v) is 16.2. The van der Waals surface area contributed by atoms with Crippen molar-refractivity contribution >= 4 is 11.7 Å². The molecule has 1 aromatic heterocycles. The summed E-state index contributed by atoms with van der Waals surface area (Å²) in [6.07, 6.45) is -4.45. The van der Waals surface area contributed by atoms with Gasteiger partial charge in [0.1, 0.15) is 11.6 Å². The zero-order valence-electron chi connectivity index (χ0n) is 16.2. The molecule has 158 valence electrons. The van der Waals surface area contributed by atoms with Gasteiger partial charge in [0.25, 0.3) is 5.91 Å². The number of hydrazine groups is 2. The minimum Gasteiger partial charge on any atom is -0.330 e. The number of aromatic nitrogens is 1. The lowest BCUT2D eigenvalue weighted by Crippen LogP contribution is -2.46. The number of nitrogens with one attached hydrogen (secondary N) is 2. The average Bonchev–Trinajstić information content (AvgIpc) is 3.12. The fourth-order valence-electron chi connectivity index (χ4n) is 3.74. The SMILES string of the molecule is Cc1cccc(N2NNC3=C2CCN(C(=O)c2cccc(C(F)(F)F)c2F)C3C)n1. The fourth-order valence-corrected chi connectivity index (χ4v) is 3.74. The van der Waals surface area contributed by atoms with Crippen LogP contribution in [0.1, 0.15) is 35.0 Å². The maximum Gasteiger partial charge on any atom is 0.419 e. The first-order valence-corrected chi connectivity index (χ1v) is 9.33. The normalized spacial score (nSPS) is 19.1. The molecule has 1 atom stereocenters. The molecule has 0 radical (unpaired) electrons. The van der Waals surface area contributed by atoms with Crippen LogP contribution in [0.15, 0.2) is 47.8 Å². The molecule has 6 nitrogen and oxygen atoms in total. The van der Waals surface area contributed by atoms with Gasteiger partial charge >= 0.3 is 6.18 Å². The maximum absolute atomic E-state index is 14.5. The Hall–Kier alpha value is -3.14. The Labute approximate surface area is 170 Å². The number of benzene rings is 1. The molecule has 0 aliphatic carbocycles. The summed E-state index contributed by atoms with van der Waals surface area (Å²) in [6, 6.07) is 7.81. The molecule has 1 unspecified atom stereocenters. The summed E-state index contributed by atoms with van der Waals surface area (Å²) in [6.45, 7) is 3.83. The maximum atomic E-state index is 14.5. The van der Waals surface area contributed by atoms with E-state index < -0.39 is 35.1 Å². The second-order valence-electron chi connectivity index (χ2n) is 7.16. The number of carbonyl (C=O) groups is 1. The van der Waals surface area contributed by atoms with Gasteiger partial charge in [0, 0.05) is 18.7 Å². The summed E-state index contributed by atoms with van der Waals surface area (Å²) in [7, 11) is 0. The molecule has 30 heavy (non-hydrogen) atoms. The highest BCUT2D eigenvalue weighted by Gasteiger charge is 2.39. The highest BCUT2D eigenvalue weighted by atomic mass is 19.4. The number of hydrogen-bond acceptors (Lipinski definition) is 5. The lowest BCUT2D eigenvalue weighted by atomic mass is 10.0. The number of nitrogens with zero attached hydrogens (tertiary/aromatic N) is 3. The van der Waals surface area contributed by atoms with Crippen LogP contribution >= 0.6 is 0 Å². The first kappa shape index (κ1) is 20.1. The molecule has 10 heteroatoms. The number of halogens is 4. The van der Waals surface area contributed by atoms with E-state index in [9.17, 15) is 22.4 Å². The smallest absolute Gasteiger partial charge is 0.330 e. The molecule has 0 bridgehead atoms. The molecule has 1 amide bonds. The quantitative estimate of drug-likeness (QED) is 0.727. The third kappa shape index (κ3) is 3.36. The molecule has 0 spiro atoms. The molecule has 2 aromatic rings. The van der Waals surface area contributed by atoms with Crippen LogP contribution in [0.25, 0.3) is 0 Å². The van der Waals surface area contributed by atoms with E-state index in [1.165, 1.54) is 4.90 Å². The molecular weight excluding hydrogens is 402 g/mol. The monoisotopic (exact) mass is 421 g/mol. The van der Waals surface area contributed by atoms with E-state index in [1.54, 1.807) is 11.9 Å². The first-order valence-electron chi connectivity index (χ1n) is 9.33. The summed E-state index contributed by atoms with van der Waals surface area (Å²) < 4.78 is 53.5. The number of alkyl halides is 3. The third-order valence-electron chi connectivity index (χ3n) is 5.26. The molecule has 2 aliphatic heterocycles. The number of carbonyl (C=O) groups excluding carboxylic acids is 1. The van der Waals surface area contributed by atoms with Crippen LogP contribution in [0.5, 0.6) is 0 Å². The molecule has 4 rings (SSSR count). The number of pyridine rings is 1. The highest BCUT2D eigenvalue weighted by Crippen LogP contribution is 2.34. The number of aryl methyl sites for hydroxylation is 1. The van der Waals surface area contributed by atoms with E-state index in [1.807, 2.05) is 25.1 Å². The summed E-state index contributed by atoms with van der Waals surface area (Å²) >= 11 is 0. The first-order chi connectivity index (χ1) is 14.2. The van der Waals surface area contributed by atoms with E-state index in [2.05, 4.69) is 15.9 Å². The number of hydrogen-bond donors (Lipinski definition) is 2. The zero-order chi connectivity index (χ0) is 21.6. The van der Waals surface area contributed by atoms with Gasteiger partial charge in [-0.2, -0.15) is 13.2 Å². The van der Waals surface area contributed by atoms with Gasteiger partial charge in [-0.25, -0.2) is 14.4 Å². The summed E-state index contributed by atoms with van der Waals surface area (Å²) in [5, 5.41) is 1.77. The molecule has 0 saturated heterocycles. The van der Waals surface area contributed by atoms with Crippen LogP contribution in [0.3, 0.4) is 0 Å². The van der Waals surface area contributed by atoms with Gasteiger partial charge in [-0.3, -0.25) is 4.79 Å². The Morgan fingerprint density at radius 2 is 1.93 bits per heavy atom. The van der Waals surface area contributed by atoms with Crippen LogP contribution < -0.4 is 16.0 Å². The van der Waals surface area contributed by atoms with Crippen molar-refractivity contribution in [3.05, 3.63) is 70.4 Å².